The van der Waals surface area contributed by atoms with Crippen molar-refractivity contribution in [2.45, 2.75) is 38.6 Å². The minimum atomic E-state index is -0.355. The number of carbonyl (C=O) groups is 2. The Hall–Kier alpha value is -1.32. The van der Waals surface area contributed by atoms with Gasteiger partial charge in [0, 0.05) is 6.20 Å². The second kappa shape index (κ2) is 4.79. The molecule has 4 heteroatoms. The van der Waals surface area contributed by atoms with Crippen molar-refractivity contribution >= 4 is 11.9 Å². The number of carbonyl (C=O) groups excluding carboxylic acids is 2. The van der Waals surface area contributed by atoms with Crippen molar-refractivity contribution in [1.29, 1.82) is 0 Å². The van der Waals surface area contributed by atoms with Crippen molar-refractivity contribution in [2.24, 2.45) is 0 Å². The van der Waals surface area contributed by atoms with Gasteiger partial charge >= 0.3 is 6.03 Å². The number of amides is 3. The van der Waals surface area contributed by atoms with Crippen LogP contribution in [0.4, 0.5) is 4.79 Å². The van der Waals surface area contributed by atoms with Crippen molar-refractivity contribution in [1.82, 2.24) is 10.2 Å². The Balaban J connectivity index is 2.45. The fraction of sp³-hybridized carbons (Fsp3) is 0.600. The number of rotatable bonds is 5. The molecule has 1 unspecified atom stereocenters. The average Bonchev–Trinajstić information content (AvgIpc) is 2.42. The maximum atomic E-state index is 11.5. The van der Waals surface area contributed by atoms with Gasteiger partial charge in [-0.15, -0.1) is 0 Å². The molecule has 14 heavy (non-hydrogen) atoms. The predicted octanol–water partition coefficient (Wildman–Crippen LogP) is 1.63. The van der Waals surface area contributed by atoms with E-state index < -0.39 is 0 Å². The third-order valence-corrected chi connectivity index (χ3v) is 2.33. The monoisotopic (exact) mass is 196 g/mol. The molecule has 0 aromatic heterocycles. The lowest BCUT2D eigenvalue weighted by Gasteiger charge is -2.06. The molecule has 1 rings (SSSR count). The van der Waals surface area contributed by atoms with E-state index >= 15 is 0 Å². The molecular formula is C10H16N2O2. The summed E-state index contributed by atoms with van der Waals surface area (Å²) in [4.78, 5) is 23.7. The zero-order valence-electron chi connectivity index (χ0n) is 8.45. The van der Waals surface area contributed by atoms with Crippen LogP contribution in [0.5, 0.6) is 0 Å². The van der Waals surface area contributed by atoms with E-state index in [0.717, 1.165) is 30.6 Å². The Bertz CT molecular complexity index is 251. The molecule has 1 N–H and O–H groups in total. The summed E-state index contributed by atoms with van der Waals surface area (Å²) in [6.07, 6.45) is 5.16. The normalized spacial score (nSPS) is 21.2. The Kier molecular flexibility index (Phi) is 3.68. The highest BCUT2D eigenvalue weighted by atomic mass is 16.2. The minimum absolute atomic E-state index is 0.180. The molecular weight excluding hydrogens is 180 g/mol. The van der Waals surface area contributed by atoms with Gasteiger partial charge in [-0.1, -0.05) is 32.8 Å². The largest absolute Gasteiger partial charge is 0.328 e. The van der Waals surface area contributed by atoms with Crippen LogP contribution in [0.1, 0.15) is 32.6 Å². The van der Waals surface area contributed by atoms with E-state index in [9.17, 15) is 9.59 Å². The van der Waals surface area contributed by atoms with Gasteiger partial charge in [0.25, 0.3) is 5.91 Å². The van der Waals surface area contributed by atoms with Crippen LogP contribution in [0.15, 0.2) is 12.8 Å². The van der Waals surface area contributed by atoms with Gasteiger partial charge in [-0.3, -0.25) is 4.79 Å². The number of urea groups is 1. The summed E-state index contributed by atoms with van der Waals surface area (Å²) in [5.41, 5.74) is 0. The molecule has 1 atom stereocenters. The standard InChI is InChI=1S/C10H16N2O2/c1-3-5-6-7-8-9(13)12(4-2)10(14)11-8/h4,8H,2-3,5-7H2,1H3,(H,11,14). The minimum Gasteiger partial charge on any atom is -0.325 e. The third-order valence-electron chi connectivity index (χ3n) is 2.33. The van der Waals surface area contributed by atoms with Crippen molar-refractivity contribution in [2.75, 3.05) is 0 Å². The number of unbranched alkanes of at least 4 members (excludes halogenated alkanes) is 2. The van der Waals surface area contributed by atoms with Gasteiger partial charge in [-0.05, 0) is 6.42 Å². The van der Waals surface area contributed by atoms with Crippen molar-refractivity contribution in [3.8, 4) is 0 Å². The molecule has 0 spiro atoms. The smallest absolute Gasteiger partial charge is 0.325 e. The van der Waals surface area contributed by atoms with Crippen LogP contribution in [-0.2, 0) is 4.79 Å². The predicted molar refractivity (Wildman–Crippen MR) is 53.5 cm³/mol. The van der Waals surface area contributed by atoms with Crippen molar-refractivity contribution < 1.29 is 9.59 Å². The van der Waals surface area contributed by atoms with E-state index in [1.165, 1.54) is 6.20 Å². The molecule has 0 radical (unpaired) electrons. The van der Waals surface area contributed by atoms with Crippen LogP contribution in [0.2, 0.25) is 0 Å². The summed E-state index contributed by atoms with van der Waals surface area (Å²) in [7, 11) is 0. The molecule has 0 bridgehead atoms. The molecule has 1 heterocycles. The lowest BCUT2D eigenvalue weighted by Crippen LogP contribution is -2.28. The molecule has 4 nitrogen and oxygen atoms in total. The number of hydrogen-bond acceptors (Lipinski definition) is 2. The third kappa shape index (κ3) is 2.13. The summed E-state index contributed by atoms with van der Waals surface area (Å²) in [6, 6.07) is -0.696. The average molecular weight is 196 g/mol. The van der Waals surface area contributed by atoms with Gasteiger partial charge in [0.05, 0.1) is 0 Å². The summed E-state index contributed by atoms with van der Waals surface area (Å²) >= 11 is 0. The van der Waals surface area contributed by atoms with E-state index in [4.69, 9.17) is 0 Å². The molecule has 1 saturated heterocycles. The first-order chi connectivity index (χ1) is 6.70. The van der Waals surface area contributed by atoms with Crippen LogP contribution in [0.3, 0.4) is 0 Å². The van der Waals surface area contributed by atoms with Gasteiger partial charge in [-0.2, -0.15) is 0 Å². The summed E-state index contributed by atoms with van der Waals surface area (Å²) in [6.45, 7) is 5.52. The van der Waals surface area contributed by atoms with E-state index in [2.05, 4.69) is 18.8 Å². The van der Waals surface area contributed by atoms with Gasteiger partial charge in [0.15, 0.2) is 0 Å². The molecule has 1 aliphatic rings. The molecule has 78 valence electrons. The van der Waals surface area contributed by atoms with Gasteiger partial charge in [0.2, 0.25) is 0 Å². The number of hydrogen-bond donors (Lipinski definition) is 1. The Labute approximate surface area is 84.0 Å². The number of nitrogens with one attached hydrogen (secondary N) is 1. The molecule has 3 amide bonds. The van der Waals surface area contributed by atoms with Crippen LogP contribution < -0.4 is 5.32 Å². The summed E-state index contributed by atoms with van der Waals surface area (Å²) < 4.78 is 0. The van der Waals surface area contributed by atoms with E-state index in [0.29, 0.717) is 0 Å². The molecule has 0 aromatic rings. The quantitative estimate of drug-likeness (QED) is 0.536. The van der Waals surface area contributed by atoms with Gasteiger partial charge in [0.1, 0.15) is 6.04 Å². The number of imide groups is 1. The Morgan fingerprint density at radius 3 is 2.71 bits per heavy atom. The van der Waals surface area contributed by atoms with Gasteiger partial charge < -0.3 is 5.32 Å². The SMILES string of the molecule is C=CN1C(=O)NC(CCCCC)C1=O. The number of nitrogens with zero attached hydrogens (tertiary/aromatic N) is 1. The second-order valence-electron chi connectivity index (χ2n) is 3.39. The molecule has 0 aromatic carbocycles. The van der Waals surface area contributed by atoms with E-state index in [1.54, 1.807) is 0 Å². The molecule has 1 fully saturated rings. The highest BCUT2D eigenvalue weighted by Gasteiger charge is 2.35. The van der Waals surface area contributed by atoms with Crippen molar-refractivity contribution in [3.05, 3.63) is 12.8 Å². The fourth-order valence-corrected chi connectivity index (χ4v) is 1.52. The summed E-state index contributed by atoms with van der Waals surface area (Å²) in [5.74, 6) is -0.180. The molecule has 0 aliphatic carbocycles. The Morgan fingerprint density at radius 2 is 2.21 bits per heavy atom. The van der Waals surface area contributed by atoms with Crippen LogP contribution >= 0.6 is 0 Å². The summed E-state index contributed by atoms with van der Waals surface area (Å²) in [5, 5.41) is 2.63. The van der Waals surface area contributed by atoms with E-state index in [1.807, 2.05) is 0 Å². The zero-order chi connectivity index (χ0) is 10.6. The lowest BCUT2D eigenvalue weighted by atomic mass is 10.1. The highest BCUT2D eigenvalue weighted by molar-refractivity contribution is 6.05. The maximum Gasteiger partial charge on any atom is 0.328 e. The van der Waals surface area contributed by atoms with Crippen LogP contribution in [0, 0.1) is 0 Å². The van der Waals surface area contributed by atoms with Crippen LogP contribution in [-0.4, -0.2) is 22.9 Å². The van der Waals surface area contributed by atoms with Crippen molar-refractivity contribution in [3.63, 3.8) is 0 Å². The van der Waals surface area contributed by atoms with Crippen LogP contribution in [0.25, 0.3) is 0 Å². The lowest BCUT2D eigenvalue weighted by molar-refractivity contribution is -0.125. The first-order valence-corrected chi connectivity index (χ1v) is 4.96. The first-order valence-electron chi connectivity index (χ1n) is 4.96. The molecule has 1 aliphatic heterocycles. The molecule has 0 saturated carbocycles. The Morgan fingerprint density at radius 1 is 1.50 bits per heavy atom. The van der Waals surface area contributed by atoms with E-state index in [-0.39, 0.29) is 18.0 Å². The fourth-order valence-electron chi connectivity index (χ4n) is 1.52. The second-order valence-corrected chi connectivity index (χ2v) is 3.39. The maximum absolute atomic E-state index is 11.5. The first kappa shape index (κ1) is 10.8. The van der Waals surface area contributed by atoms with Gasteiger partial charge in [-0.25, -0.2) is 9.69 Å². The topological polar surface area (TPSA) is 49.4 Å². The zero-order valence-corrected chi connectivity index (χ0v) is 8.45. The highest BCUT2D eigenvalue weighted by Crippen LogP contribution is 2.12.